The zero-order chi connectivity index (χ0) is 27.6. The quantitative estimate of drug-likeness (QED) is 0.442. The topological polar surface area (TPSA) is 143 Å². The largest absolute Gasteiger partial charge is 0.488 e. The van der Waals surface area contributed by atoms with Gasteiger partial charge in [0.25, 0.3) is 10.0 Å². The minimum atomic E-state index is -3.94. The molecule has 1 fully saturated rings. The summed E-state index contributed by atoms with van der Waals surface area (Å²) in [4.78, 5) is 13.6. The third-order valence-corrected chi connectivity index (χ3v) is 11.4. The molecule has 0 spiro atoms. The van der Waals surface area contributed by atoms with E-state index in [4.69, 9.17) is 21.1 Å². The molecule has 3 rings (SSSR count). The summed E-state index contributed by atoms with van der Waals surface area (Å²) in [6, 6.07) is 8.35. The highest BCUT2D eigenvalue weighted by Gasteiger charge is 2.33. The van der Waals surface area contributed by atoms with Crippen LogP contribution in [0.5, 0.6) is 5.75 Å². The highest BCUT2D eigenvalue weighted by Crippen LogP contribution is 2.35. The molecule has 1 atom stereocenters. The summed E-state index contributed by atoms with van der Waals surface area (Å²) in [5.41, 5.74) is 0.537. The maximum absolute atomic E-state index is 12.9. The Morgan fingerprint density at radius 2 is 1.97 bits per heavy atom. The lowest BCUT2D eigenvalue weighted by Crippen LogP contribution is -2.40. The lowest BCUT2D eigenvalue weighted by molar-refractivity contribution is 0.102. The van der Waals surface area contributed by atoms with Crippen LogP contribution in [0.4, 0.5) is 4.79 Å². The Balaban J connectivity index is 1.57. The lowest BCUT2D eigenvalue weighted by Gasteiger charge is -2.19. The number of thiophene rings is 1. The minimum Gasteiger partial charge on any atom is -0.488 e. The Morgan fingerprint density at radius 3 is 2.62 bits per heavy atom. The van der Waals surface area contributed by atoms with Crippen molar-refractivity contribution in [3.63, 3.8) is 0 Å². The number of nitrogens with one attached hydrogen (secondary N) is 1. The molecular weight excluding hydrogens is 562 g/mol. The normalized spacial score (nSPS) is 16.5. The Bertz CT molecular complexity index is 1420. The number of cyclic esters (lactones) is 1. The van der Waals surface area contributed by atoms with Crippen LogP contribution in [0.1, 0.15) is 38.3 Å². The summed E-state index contributed by atoms with van der Waals surface area (Å²) in [5, 5.41) is 9.06. The molecule has 2 heterocycles. The first kappa shape index (κ1) is 29.2. The summed E-state index contributed by atoms with van der Waals surface area (Å²) in [5.74, 6) is 0.0640. The van der Waals surface area contributed by atoms with E-state index in [0.717, 1.165) is 11.6 Å². The average Bonchev–Trinajstić information content (AvgIpc) is 3.34. The number of aryl methyl sites for hydroxylation is 1. The molecule has 1 aliphatic rings. The van der Waals surface area contributed by atoms with Gasteiger partial charge < -0.3 is 14.4 Å². The van der Waals surface area contributed by atoms with Gasteiger partial charge in [-0.3, -0.25) is 0 Å². The first-order valence-corrected chi connectivity index (χ1v) is 15.6. The third-order valence-electron chi connectivity index (χ3n) is 5.09. The predicted molar refractivity (Wildman–Crippen MR) is 139 cm³/mol. The lowest BCUT2D eigenvalue weighted by atomic mass is 10.1. The number of nitriles is 1. The van der Waals surface area contributed by atoms with Crippen molar-refractivity contribution >= 4 is 48.9 Å². The molecule has 14 heteroatoms. The standard InChI is InChI=1S/C23H28ClN3O7S3/c1-15-6-7-16(12-25)19(10-15)33-14-17-13-27(22(28)34-17)8-5-9-36(29,30)21-18(24)11-20(35-21)37(31,32)26-23(2,3)4/h6-7,10-11,17,26H,5,8-9,13-14H2,1-4H3/t17-/m0/s1. The van der Waals surface area contributed by atoms with Gasteiger partial charge in [0.2, 0.25) is 0 Å². The molecule has 10 nitrogen and oxygen atoms in total. The van der Waals surface area contributed by atoms with Gasteiger partial charge in [-0.25, -0.2) is 26.4 Å². The van der Waals surface area contributed by atoms with Gasteiger partial charge in [0.1, 0.15) is 26.8 Å². The number of rotatable bonds is 10. The Morgan fingerprint density at radius 1 is 1.27 bits per heavy atom. The number of amides is 1. The van der Waals surface area contributed by atoms with E-state index in [-0.39, 0.29) is 45.3 Å². The first-order valence-electron chi connectivity index (χ1n) is 11.3. The van der Waals surface area contributed by atoms with E-state index >= 15 is 0 Å². The second-order valence-corrected chi connectivity index (χ2v) is 15.3. The molecule has 1 aliphatic heterocycles. The summed E-state index contributed by atoms with van der Waals surface area (Å²) >= 11 is 6.68. The first-order chi connectivity index (χ1) is 17.1. The second kappa shape index (κ2) is 11.2. The van der Waals surface area contributed by atoms with E-state index in [1.807, 2.05) is 13.0 Å². The molecule has 0 bridgehead atoms. The number of benzene rings is 1. The Hall–Kier alpha value is -2.37. The number of nitrogens with zero attached hydrogens (tertiary/aromatic N) is 2. The van der Waals surface area contributed by atoms with Gasteiger partial charge in [-0.05, 0) is 57.9 Å². The van der Waals surface area contributed by atoms with Gasteiger partial charge >= 0.3 is 6.09 Å². The molecule has 1 aromatic carbocycles. The number of hydrogen-bond donors (Lipinski definition) is 1. The van der Waals surface area contributed by atoms with Crippen LogP contribution >= 0.6 is 22.9 Å². The summed E-state index contributed by atoms with van der Waals surface area (Å²) in [6.45, 7) is 7.24. The zero-order valence-corrected chi connectivity index (χ0v) is 24.0. The zero-order valence-electron chi connectivity index (χ0n) is 20.8. The number of sulfone groups is 1. The van der Waals surface area contributed by atoms with Crippen molar-refractivity contribution in [2.24, 2.45) is 0 Å². The maximum atomic E-state index is 12.9. The van der Waals surface area contributed by atoms with Crippen LogP contribution in [0, 0.1) is 18.3 Å². The van der Waals surface area contributed by atoms with Crippen molar-refractivity contribution in [1.29, 1.82) is 5.26 Å². The highest BCUT2D eigenvalue weighted by atomic mass is 35.5. The fourth-order valence-electron chi connectivity index (χ4n) is 3.54. The summed E-state index contributed by atoms with van der Waals surface area (Å²) in [7, 11) is -7.83. The van der Waals surface area contributed by atoms with Crippen LogP contribution in [-0.2, 0) is 24.6 Å². The summed E-state index contributed by atoms with van der Waals surface area (Å²) < 4.78 is 63.9. The number of ether oxygens (including phenoxy) is 2. The van der Waals surface area contributed by atoms with Crippen LogP contribution in [0.25, 0.3) is 0 Å². The number of sulfonamides is 1. The van der Waals surface area contributed by atoms with E-state index in [1.165, 1.54) is 4.90 Å². The molecule has 1 aromatic heterocycles. The molecule has 2 aromatic rings. The highest BCUT2D eigenvalue weighted by molar-refractivity contribution is 7.95. The monoisotopic (exact) mass is 589 g/mol. The fraction of sp³-hybridized carbons (Fsp3) is 0.478. The van der Waals surface area contributed by atoms with Gasteiger partial charge in [0.15, 0.2) is 15.9 Å². The second-order valence-electron chi connectivity index (χ2n) is 9.60. The number of halogens is 1. The maximum Gasteiger partial charge on any atom is 0.410 e. The van der Waals surface area contributed by atoms with Gasteiger partial charge in [-0.2, -0.15) is 5.26 Å². The smallest absolute Gasteiger partial charge is 0.410 e. The van der Waals surface area contributed by atoms with Crippen LogP contribution < -0.4 is 9.46 Å². The van der Waals surface area contributed by atoms with E-state index in [9.17, 15) is 26.9 Å². The van der Waals surface area contributed by atoms with Crippen LogP contribution in [0.15, 0.2) is 32.7 Å². The Labute approximate surface area is 226 Å². The molecule has 0 aliphatic carbocycles. The van der Waals surface area contributed by atoms with Crippen molar-refractivity contribution in [2.75, 3.05) is 25.4 Å². The molecule has 1 N–H and O–H groups in total. The average molecular weight is 590 g/mol. The molecule has 37 heavy (non-hydrogen) atoms. The van der Waals surface area contributed by atoms with E-state index in [2.05, 4.69) is 4.72 Å². The number of carbonyl (C=O) groups is 1. The minimum absolute atomic E-state index is 0.0450. The van der Waals surface area contributed by atoms with Crippen LogP contribution in [-0.4, -0.2) is 64.9 Å². The van der Waals surface area contributed by atoms with Crippen molar-refractivity contribution < 1.29 is 31.1 Å². The van der Waals surface area contributed by atoms with Crippen molar-refractivity contribution in [2.45, 2.75) is 54.2 Å². The van der Waals surface area contributed by atoms with Crippen molar-refractivity contribution in [3.05, 3.63) is 40.4 Å². The van der Waals surface area contributed by atoms with Crippen molar-refractivity contribution in [3.8, 4) is 11.8 Å². The Kier molecular flexibility index (Phi) is 8.81. The van der Waals surface area contributed by atoms with Crippen molar-refractivity contribution in [1.82, 2.24) is 9.62 Å². The van der Waals surface area contributed by atoms with Gasteiger partial charge in [0, 0.05) is 12.1 Å². The van der Waals surface area contributed by atoms with E-state index in [1.54, 1.807) is 39.0 Å². The number of hydrogen-bond acceptors (Lipinski definition) is 9. The summed E-state index contributed by atoms with van der Waals surface area (Å²) in [6.07, 6.45) is -1.07. The molecule has 0 saturated carbocycles. The van der Waals surface area contributed by atoms with Crippen LogP contribution in [0.3, 0.4) is 0 Å². The van der Waals surface area contributed by atoms with Gasteiger partial charge in [-0.15, -0.1) is 11.3 Å². The van der Waals surface area contributed by atoms with E-state index < -0.39 is 37.6 Å². The third kappa shape index (κ3) is 7.58. The molecule has 1 saturated heterocycles. The van der Waals surface area contributed by atoms with Gasteiger partial charge in [0.05, 0.1) is 22.9 Å². The molecule has 0 radical (unpaired) electrons. The van der Waals surface area contributed by atoms with Crippen LogP contribution in [0.2, 0.25) is 5.02 Å². The molecular formula is C23H28ClN3O7S3. The molecule has 202 valence electrons. The van der Waals surface area contributed by atoms with E-state index in [0.29, 0.717) is 22.6 Å². The van der Waals surface area contributed by atoms with Gasteiger partial charge in [-0.1, -0.05) is 17.7 Å². The predicted octanol–water partition coefficient (Wildman–Crippen LogP) is 3.72. The molecule has 0 unspecified atom stereocenters. The number of carbonyl (C=O) groups excluding carboxylic acids is 1. The fourth-order valence-corrected chi connectivity index (χ4v) is 8.99. The SMILES string of the molecule is Cc1ccc(C#N)c(OC[C@@H]2CN(CCCS(=O)(=O)c3sc(S(=O)(=O)NC(C)(C)C)cc3Cl)C(=O)O2)c1. The molecule has 1 amide bonds.